The highest BCUT2D eigenvalue weighted by atomic mass is 32.1. The van der Waals surface area contributed by atoms with Crippen molar-refractivity contribution in [1.29, 1.82) is 0 Å². The van der Waals surface area contributed by atoms with E-state index in [0.29, 0.717) is 17.5 Å². The Morgan fingerprint density at radius 2 is 1.10 bits per heavy atom. The number of fused-ring (bicyclic) bond motifs is 6. The number of aromatic nitrogens is 5. The number of thiophene rings is 1. The highest BCUT2D eigenvalue weighted by Gasteiger charge is 2.18. The van der Waals surface area contributed by atoms with Crippen molar-refractivity contribution in [2.45, 2.75) is 0 Å². The lowest BCUT2D eigenvalue weighted by molar-refractivity contribution is 1.08. The summed E-state index contributed by atoms with van der Waals surface area (Å²) < 4.78 is 4.61. The van der Waals surface area contributed by atoms with Gasteiger partial charge in [0.2, 0.25) is 0 Å². The van der Waals surface area contributed by atoms with Gasteiger partial charge >= 0.3 is 0 Å². The molecule has 6 aromatic carbocycles. The van der Waals surface area contributed by atoms with Gasteiger partial charge in [-0.2, -0.15) is 0 Å². The molecule has 0 unspecified atom stereocenters. The van der Waals surface area contributed by atoms with Crippen molar-refractivity contribution in [3.05, 3.63) is 164 Å². The summed E-state index contributed by atoms with van der Waals surface area (Å²) in [6, 6.07) is 54.8. The van der Waals surface area contributed by atoms with Crippen molar-refractivity contribution >= 4 is 53.4 Å². The molecule has 0 atom stereocenters. The first-order valence-corrected chi connectivity index (χ1v) is 17.4. The summed E-state index contributed by atoms with van der Waals surface area (Å²) in [5.74, 6) is 1.95. The second kappa shape index (κ2) is 11.6. The van der Waals surface area contributed by atoms with Crippen LogP contribution in [0.25, 0.3) is 93.1 Å². The van der Waals surface area contributed by atoms with E-state index in [1.807, 2.05) is 48.7 Å². The Morgan fingerprint density at radius 1 is 0.440 bits per heavy atom. The van der Waals surface area contributed by atoms with Crippen LogP contribution < -0.4 is 0 Å². The summed E-state index contributed by atoms with van der Waals surface area (Å²) in [5, 5.41) is 4.74. The smallest absolute Gasteiger partial charge is 0.165 e. The van der Waals surface area contributed by atoms with Crippen LogP contribution >= 0.6 is 11.3 Å². The van der Waals surface area contributed by atoms with Crippen LogP contribution in [0, 0.1) is 0 Å². The molecule has 0 amide bonds. The Labute approximate surface area is 291 Å². The van der Waals surface area contributed by atoms with Crippen LogP contribution in [0.5, 0.6) is 0 Å². The summed E-state index contributed by atoms with van der Waals surface area (Å²) in [5.41, 5.74) is 8.34. The van der Waals surface area contributed by atoms with E-state index in [9.17, 15) is 0 Å². The molecule has 0 aliphatic heterocycles. The molecule has 6 heteroatoms. The highest BCUT2D eigenvalue weighted by Crippen LogP contribution is 2.41. The molecule has 0 spiro atoms. The average Bonchev–Trinajstić information content (AvgIpc) is 3.74. The van der Waals surface area contributed by atoms with Crippen molar-refractivity contribution in [3.63, 3.8) is 0 Å². The fourth-order valence-electron chi connectivity index (χ4n) is 6.97. The Balaban J connectivity index is 1.16. The molecule has 4 aromatic heterocycles. The van der Waals surface area contributed by atoms with Crippen molar-refractivity contribution < 1.29 is 0 Å². The van der Waals surface area contributed by atoms with Crippen molar-refractivity contribution in [2.75, 3.05) is 0 Å². The first kappa shape index (κ1) is 28.5. The average molecular weight is 658 g/mol. The topological polar surface area (TPSA) is 56.5 Å². The molecule has 234 valence electrons. The second-order valence-corrected chi connectivity index (χ2v) is 13.4. The SMILES string of the molecule is c1ccc(-c2cccc(-c3nc(-c4ccccc4)nc(-c4cccc5c4sc4cc(-n6c7ccccc7c7cccnc76)ccc45)n3)c2)cc1. The molecule has 0 radical (unpaired) electrons. The molecule has 10 rings (SSSR count). The van der Waals surface area contributed by atoms with Gasteiger partial charge in [-0.1, -0.05) is 115 Å². The van der Waals surface area contributed by atoms with Crippen LogP contribution in [0.1, 0.15) is 0 Å². The molecule has 5 nitrogen and oxygen atoms in total. The standard InChI is InChI=1S/C44H27N5S/c1-3-12-28(13-4-1)30-16-9-17-31(26-30)42-46-41(29-14-5-2-6-15-29)47-43(48-42)37-20-10-19-35-34-24-23-32(27-39(34)50-40(35)37)49-38-22-8-7-18-33(38)36-21-11-25-45-44(36)49/h1-27H. The van der Waals surface area contributed by atoms with Gasteiger partial charge in [0.15, 0.2) is 17.5 Å². The lowest BCUT2D eigenvalue weighted by atomic mass is 10.0. The van der Waals surface area contributed by atoms with Crippen LogP contribution in [0.15, 0.2) is 164 Å². The Hall–Kier alpha value is -6.50. The zero-order chi connectivity index (χ0) is 33.0. The molecule has 0 N–H and O–H groups in total. The maximum Gasteiger partial charge on any atom is 0.165 e. The molecule has 10 aromatic rings. The van der Waals surface area contributed by atoms with E-state index in [0.717, 1.165) is 54.8 Å². The van der Waals surface area contributed by atoms with E-state index in [-0.39, 0.29) is 0 Å². The fraction of sp³-hybridized carbons (Fsp3) is 0. The van der Waals surface area contributed by atoms with Gasteiger partial charge in [0.25, 0.3) is 0 Å². The van der Waals surface area contributed by atoms with Gasteiger partial charge in [-0.25, -0.2) is 19.9 Å². The molecule has 50 heavy (non-hydrogen) atoms. The first-order valence-electron chi connectivity index (χ1n) is 16.6. The molecule has 0 fully saturated rings. The molecule has 0 aliphatic rings. The monoisotopic (exact) mass is 657 g/mol. The number of rotatable bonds is 5. The third-order valence-electron chi connectivity index (χ3n) is 9.31. The zero-order valence-corrected chi connectivity index (χ0v) is 27.5. The van der Waals surface area contributed by atoms with E-state index in [2.05, 4.69) is 120 Å². The van der Waals surface area contributed by atoms with E-state index in [1.54, 1.807) is 11.3 Å². The minimum atomic E-state index is 0.644. The first-order chi connectivity index (χ1) is 24.8. The minimum absolute atomic E-state index is 0.644. The molecule has 0 bridgehead atoms. The molecule has 0 aliphatic carbocycles. The lowest BCUT2D eigenvalue weighted by Crippen LogP contribution is -2.00. The van der Waals surface area contributed by atoms with Gasteiger partial charge in [-0.3, -0.25) is 4.57 Å². The number of pyridine rings is 1. The number of benzene rings is 6. The highest BCUT2D eigenvalue weighted by molar-refractivity contribution is 7.26. The van der Waals surface area contributed by atoms with Crippen LogP contribution in [0.2, 0.25) is 0 Å². The molecule has 0 saturated heterocycles. The Bertz CT molecular complexity index is 2820. The van der Waals surface area contributed by atoms with Crippen molar-refractivity contribution in [3.8, 4) is 51.0 Å². The molecule has 0 saturated carbocycles. The molecular weight excluding hydrogens is 631 g/mol. The summed E-state index contributed by atoms with van der Waals surface area (Å²) in [4.78, 5) is 20.1. The quantitative estimate of drug-likeness (QED) is 0.185. The largest absolute Gasteiger partial charge is 0.294 e. The van der Waals surface area contributed by atoms with E-state index in [1.165, 1.54) is 20.9 Å². The van der Waals surface area contributed by atoms with E-state index in [4.69, 9.17) is 19.9 Å². The van der Waals surface area contributed by atoms with Crippen molar-refractivity contribution in [2.24, 2.45) is 0 Å². The number of hydrogen-bond donors (Lipinski definition) is 0. The third kappa shape index (κ3) is 4.69. The number of hydrogen-bond acceptors (Lipinski definition) is 5. The number of nitrogens with zero attached hydrogens (tertiary/aromatic N) is 5. The van der Waals surface area contributed by atoms with Crippen LogP contribution in [-0.2, 0) is 0 Å². The van der Waals surface area contributed by atoms with E-state index >= 15 is 0 Å². The van der Waals surface area contributed by atoms with Gasteiger partial charge in [-0.15, -0.1) is 11.3 Å². The Kier molecular flexibility index (Phi) is 6.60. The normalized spacial score (nSPS) is 11.6. The maximum absolute atomic E-state index is 5.15. The van der Waals surface area contributed by atoms with Crippen LogP contribution in [-0.4, -0.2) is 24.5 Å². The molecular formula is C44H27N5S. The fourth-order valence-corrected chi connectivity index (χ4v) is 8.21. The van der Waals surface area contributed by atoms with E-state index < -0.39 is 0 Å². The summed E-state index contributed by atoms with van der Waals surface area (Å²) in [6.07, 6.45) is 1.87. The van der Waals surface area contributed by atoms with Gasteiger partial charge in [0, 0.05) is 59.5 Å². The zero-order valence-electron chi connectivity index (χ0n) is 26.7. The van der Waals surface area contributed by atoms with Crippen LogP contribution in [0.4, 0.5) is 0 Å². The Morgan fingerprint density at radius 3 is 1.96 bits per heavy atom. The lowest BCUT2D eigenvalue weighted by Gasteiger charge is -2.10. The van der Waals surface area contributed by atoms with Gasteiger partial charge in [0.05, 0.1) is 5.52 Å². The predicted molar refractivity (Wildman–Crippen MR) is 207 cm³/mol. The summed E-state index contributed by atoms with van der Waals surface area (Å²) >= 11 is 1.77. The van der Waals surface area contributed by atoms with Gasteiger partial charge in [0.1, 0.15) is 5.65 Å². The predicted octanol–water partition coefficient (Wildman–Crippen LogP) is 11.4. The summed E-state index contributed by atoms with van der Waals surface area (Å²) in [6.45, 7) is 0. The van der Waals surface area contributed by atoms with Crippen molar-refractivity contribution in [1.82, 2.24) is 24.5 Å². The molecule has 4 heterocycles. The van der Waals surface area contributed by atoms with Crippen LogP contribution in [0.3, 0.4) is 0 Å². The number of para-hydroxylation sites is 1. The van der Waals surface area contributed by atoms with Gasteiger partial charge < -0.3 is 0 Å². The minimum Gasteiger partial charge on any atom is -0.294 e. The maximum atomic E-state index is 5.15. The third-order valence-corrected chi connectivity index (χ3v) is 10.5. The summed E-state index contributed by atoms with van der Waals surface area (Å²) in [7, 11) is 0. The van der Waals surface area contributed by atoms with Gasteiger partial charge in [-0.05, 0) is 53.6 Å². The second-order valence-electron chi connectivity index (χ2n) is 12.3.